The lowest BCUT2D eigenvalue weighted by Crippen LogP contribution is -2.00. The number of hydrogen-bond acceptors (Lipinski definition) is 3. The Kier molecular flexibility index (Phi) is 1.29. The molecule has 4 heteroatoms. The highest BCUT2D eigenvalue weighted by molar-refractivity contribution is 8.13. The van der Waals surface area contributed by atoms with Gasteiger partial charge in [0.15, 0.2) is 5.17 Å². The zero-order valence-electron chi connectivity index (χ0n) is 6.82. The molecular formula is C9H7N3S. The van der Waals surface area contributed by atoms with Gasteiger partial charge in [-0.2, -0.15) is 0 Å². The second-order valence-corrected chi connectivity index (χ2v) is 3.91. The van der Waals surface area contributed by atoms with E-state index in [1.165, 1.54) is 11.8 Å². The van der Waals surface area contributed by atoms with Gasteiger partial charge in [-0.15, -0.1) is 0 Å². The number of hydrogen-bond donors (Lipinski definition) is 1. The Morgan fingerprint density at radius 2 is 2.23 bits per heavy atom. The lowest BCUT2D eigenvalue weighted by Gasteiger charge is -1.96. The molecule has 0 unspecified atom stereocenters. The lowest BCUT2D eigenvalue weighted by atomic mass is 10.3. The predicted octanol–water partition coefficient (Wildman–Crippen LogP) is 2.07. The molecule has 0 fully saturated rings. The molecule has 0 atom stereocenters. The van der Waals surface area contributed by atoms with Crippen molar-refractivity contribution in [2.45, 2.75) is 5.75 Å². The van der Waals surface area contributed by atoms with Crippen molar-refractivity contribution in [2.24, 2.45) is 0 Å². The van der Waals surface area contributed by atoms with Crippen LogP contribution >= 0.6 is 11.8 Å². The Balaban J connectivity index is 2.46. The standard InChI is InChI=1S/C9H7N3S/c10-9-12-7-4-2-1-3-6(7)11-8(12)5-13-9/h1-4,10H,5H2. The summed E-state index contributed by atoms with van der Waals surface area (Å²) in [6.45, 7) is 0. The predicted molar refractivity (Wildman–Crippen MR) is 54.2 cm³/mol. The van der Waals surface area contributed by atoms with Crippen LogP contribution in [0.2, 0.25) is 0 Å². The van der Waals surface area contributed by atoms with Gasteiger partial charge in [0.25, 0.3) is 0 Å². The van der Waals surface area contributed by atoms with E-state index in [-0.39, 0.29) is 0 Å². The van der Waals surface area contributed by atoms with Gasteiger partial charge in [-0.25, -0.2) is 4.98 Å². The molecular weight excluding hydrogens is 182 g/mol. The molecule has 1 N–H and O–H groups in total. The Hall–Kier alpha value is -1.29. The summed E-state index contributed by atoms with van der Waals surface area (Å²) in [5.74, 6) is 1.82. The number of thioether (sulfide) groups is 1. The van der Waals surface area contributed by atoms with Crippen molar-refractivity contribution in [3.8, 4) is 0 Å². The quantitative estimate of drug-likeness (QED) is 0.689. The zero-order valence-corrected chi connectivity index (χ0v) is 7.64. The fourth-order valence-corrected chi connectivity index (χ4v) is 2.39. The molecule has 0 bridgehead atoms. The summed E-state index contributed by atoms with van der Waals surface area (Å²) in [5.41, 5.74) is 2.04. The summed E-state index contributed by atoms with van der Waals surface area (Å²) in [4.78, 5) is 4.44. The molecule has 2 aromatic rings. The van der Waals surface area contributed by atoms with Crippen molar-refractivity contribution >= 4 is 28.0 Å². The van der Waals surface area contributed by atoms with Crippen LogP contribution in [0.1, 0.15) is 5.82 Å². The van der Waals surface area contributed by atoms with Crippen molar-refractivity contribution in [1.29, 1.82) is 5.41 Å². The van der Waals surface area contributed by atoms with Gasteiger partial charge in [-0.3, -0.25) is 9.98 Å². The summed E-state index contributed by atoms with van der Waals surface area (Å²) in [6, 6.07) is 7.94. The molecule has 0 amide bonds. The third-order valence-electron chi connectivity index (χ3n) is 2.17. The van der Waals surface area contributed by atoms with Crippen LogP contribution in [0.15, 0.2) is 24.3 Å². The van der Waals surface area contributed by atoms with Gasteiger partial charge in [0.1, 0.15) is 5.82 Å². The molecule has 1 aromatic carbocycles. The Labute approximate surface area is 79.3 Å². The van der Waals surface area contributed by atoms with E-state index in [2.05, 4.69) is 4.98 Å². The maximum atomic E-state index is 7.72. The van der Waals surface area contributed by atoms with E-state index in [4.69, 9.17) is 5.41 Å². The van der Waals surface area contributed by atoms with Gasteiger partial charge in [-0.1, -0.05) is 23.9 Å². The second-order valence-electron chi connectivity index (χ2n) is 2.95. The van der Waals surface area contributed by atoms with E-state index < -0.39 is 0 Å². The van der Waals surface area contributed by atoms with Crippen LogP contribution in [0.25, 0.3) is 11.0 Å². The van der Waals surface area contributed by atoms with E-state index >= 15 is 0 Å². The third-order valence-corrected chi connectivity index (χ3v) is 3.03. The van der Waals surface area contributed by atoms with Crippen LogP contribution in [-0.2, 0) is 5.75 Å². The molecule has 1 aliphatic heterocycles. The van der Waals surface area contributed by atoms with Gasteiger partial charge in [0.05, 0.1) is 16.8 Å². The fourth-order valence-electron chi connectivity index (χ4n) is 1.60. The van der Waals surface area contributed by atoms with E-state index in [1.807, 2.05) is 28.8 Å². The number of imidazole rings is 1. The van der Waals surface area contributed by atoms with Gasteiger partial charge in [0, 0.05) is 0 Å². The third kappa shape index (κ3) is 0.862. The normalized spacial score (nSPS) is 15.2. The lowest BCUT2D eigenvalue weighted by molar-refractivity contribution is 1.06. The fraction of sp³-hybridized carbons (Fsp3) is 0.111. The van der Waals surface area contributed by atoms with Crippen LogP contribution in [0, 0.1) is 5.41 Å². The molecule has 0 saturated heterocycles. The first-order valence-electron chi connectivity index (χ1n) is 4.04. The van der Waals surface area contributed by atoms with Crippen molar-refractivity contribution < 1.29 is 0 Å². The number of rotatable bonds is 0. The number of fused-ring (bicyclic) bond motifs is 3. The molecule has 0 aliphatic carbocycles. The molecule has 2 heterocycles. The highest BCUT2D eigenvalue weighted by atomic mass is 32.2. The van der Waals surface area contributed by atoms with Crippen molar-refractivity contribution in [1.82, 2.24) is 9.55 Å². The first kappa shape index (κ1) is 7.15. The van der Waals surface area contributed by atoms with Gasteiger partial charge >= 0.3 is 0 Å². The molecule has 0 saturated carbocycles. The van der Waals surface area contributed by atoms with Crippen LogP contribution in [0.4, 0.5) is 0 Å². The van der Waals surface area contributed by atoms with Gasteiger partial charge in [-0.05, 0) is 12.1 Å². The zero-order chi connectivity index (χ0) is 8.84. The van der Waals surface area contributed by atoms with E-state index in [1.54, 1.807) is 0 Å². The molecule has 1 aliphatic rings. The van der Waals surface area contributed by atoms with Crippen LogP contribution < -0.4 is 0 Å². The first-order valence-corrected chi connectivity index (χ1v) is 5.03. The maximum Gasteiger partial charge on any atom is 0.167 e. The van der Waals surface area contributed by atoms with E-state index in [0.29, 0.717) is 5.17 Å². The van der Waals surface area contributed by atoms with Gasteiger partial charge < -0.3 is 0 Å². The van der Waals surface area contributed by atoms with Crippen LogP contribution in [-0.4, -0.2) is 14.7 Å². The number of benzene rings is 1. The minimum atomic E-state index is 0.587. The van der Waals surface area contributed by atoms with Crippen molar-refractivity contribution in [3.05, 3.63) is 30.1 Å². The van der Waals surface area contributed by atoms with Gasteiger partial charge in [0.2, 0.25) is 0 Å². The minimum Gasteiger partial charge on any atom is -0.278 e. The highest BCUT2D eigenvalue weighted by Crippen LogP contribution is 2.27. The molecule has 0 radical (unpaired) electrons. The second kappa shape index (κ2) is 2.35. The number of aromatic nitrogens is 2. The first-order chi connectivity index (χ1) is 6.36. The topological polar surface area (TPSA) is 41.7 Å². The molecule has 3 rings (SSSR count). The largest absolute Gasteiger partial charge is 0.278 e. The Morgan fingerprint density at radius 1 is 1.38 bits per heavy atom. The maximum absolute atomic E-state index is 7.72. The smallest absolute Gasteiger partial charge is 0.167 e. The average Bonchev–Trinajstić information content (AvgIpc) is 2.66. The van der Waals surface area contributed by atoms with Crippen molar-refractivity contribution in [3.63, 3.8) is 0 Å². The Bertz CT molecular complexity index is 501. The summed E-state index contributed by atoms with van der Waals surface area (Å²) < 4.78 is 1.92. The van der Waals surface area contributed by atoms with E-state index in [0.717, 1.165) is 22.6 Å². The highest BCUT2D eigenvalue weighted by Gasteiger charge is 2.20. The number of nitrogens with zero attached hydrogens (tertiary/aromatic N) is 2. The summed E-state index contributed by atoms with van der Waals surface area (Å²) in [5, 5.41) is 8.30. The van der Waals surface area contributed by atoms with Crippen molar-refractivity contribution in [2.75, 3.05) is 0 Å². The summed E-state index contributed by atoms with van der Waals surface area (Å²) in [7, 11) is 0. The van der Waals surface area contributed by atoms with E-state index in [9.17, 15) is 0 Å². The molecule has 13 heavy (non-hydrogen) atoms. The number of para-hydroxylation sites is 2. The number of nitrogens with one attached hydrogen (secondary N) is 1. The summed E-state index contributed by atoms with van der Waals surface area (Å²) in [6.07, 6.45) is 0. The van der Waals surface area contributed by atoms with Crippen LogP contribution in [0.3, 0.4) is 0 Å². The summed E-state index contributed by atoms with van der Waals surface area (Å²) >= 11 is 1.53. The molecule has 0 spiro atoms. The molecule has 64 valence electrons. The monoisotopic (exact) mass is 189 g/mol. The molecule has 1 aromatic heterocycles. The SMILES string of the molecule is N=C1SCc2nc3ccccc3n21. The average molecular weight is 189 g/mol. The Morgan fingerprint density at radius 3 is 3.15 bits per heavy atom. The van der Waals surface area contributed by atoms with Crippen LogP contribution in [0.5, 0.6) is 0 Å². The molecule has 3 nitrogen and oxygen atoms in total. The minimum absolute atomic E-state index is 0.587.